The van der Waals surface area contributed by atoms with E-state index in [1.54, 1.807) is 23.1 Å². The van der Waals surface area contributed by atoms with Gasteiger partial charge in [-0.1, -0.05) is 0 Å². The third-order valence-electron chi connectivity index (χ3n) is 1.63. The maximum atomic E-state index is 11.4. The van der Waals surface area contributed by atoms with Crippen molar-refractivity contribution < 1.29 is 4.79 Å². The largest absolute Gasteiger partial charge is 0.299 e. The second kappa shape index (κ2) is 5.83. The highest BCUT2D eigenvalue weighted by Gasteiger charge is 2.07. The van der Waals surface area contributed by atoms with Crippen LogP contribution in [0.3, 0.4) is 0 Å². The summed E-state index contributed by atoms with van der Waals surface area (Å²) in [6, 6.07) is 1.99. The number of carbonyl (C=O) groups is 1. The Morgan fingerprint density at radius 3 is 3.00 bits per heavy atom. The van der Waals surface area contributed by atoms with Crippen LogP contribution in [0.4, 0.5) is 0 Å². The molecule has 1 aromatic heterocycles. The predicted molar refractivity (Wildman–Crippen MR) is 63.7 cm³/mol. The maximum Gasteiger partial charge on any atom is 0.138 e. The molecule has 1 nitrogen and oxygen atoms in total. The van der Waals surface area contributed by atoms with Gasteiger partial charge in [-0.25, -0.2) is 0 Å². The van der Waals surface area contributed by atoms with E-state index in [-0.39, 0.29) is 0 Å². The number of hydrogen-bond donors (Lipinski definition) is 0. The molecule has 0 saturated carbocycles. The van der Waals surface area contributed by atoms with E-state index in [2.05, 4.69) is 15.9 Å². The second-order valence-electron chi connectivity index (χ2n) is 2.65. The van der Waals surface area contributed by atoms with Crippen LogP contribution in [0.15, 0.2) is 15.9 Å². The lowest BCUT2D eigenvalue weighted by atomic mass is 10.2. The standard InChI is InChI=1S/C9H11BrOS2/c1-12-4-2-7(11)6-9-8(10)3-5-13-9/h3,5H,2,4,6H2,1H3. The fourth-order valence-corrected chi connectivity index (χ4v) is 2.89. The van der Waals surface area contributed by atoms with Gasteiger partial charge in [0.05, 0.1) is 0 Å². The third kappa shape index (κ3) is 3.83. The molecule has 1 rings (SSSR count). The van der Waals surface area contributed by atoms with Gasteiger partial charge in [-0.2, -0.15) is 11.8 Å². The van der Waals surface area contributed by atoms with Gasteiger partial charge in [-0.3, -0.25) is 4.79 Å². The van der Waals surface area contributed by atoms with Crippen LogP contribution in [0.1, 0.15) is 11.3 Å². The van der Waals surface area contributed by atoms with Crippen molar-refractivity contribution in [1.82, 2.24) is 0 Å². The van der Waals surface area contributed by atoms with Gasteiger partial charge in [0.1, 0.15) is 5.78 Å². The monoisotopic (exact) mass is 278 g/mol. The van der Waals surface area contributed by atoms with Crippen LogP contribution >= 0.6 is 39.0 Å². The number of rotatable bonds is 5. The molecule has 0 aliphatic carbocycles. The first-order chi connectivity index (χ1) is 6.24. The summed E-state index contributed by atoms with van der Waals surface area (Å²) < 4.78 is 1.06. The quantitative estimate of drug-likeness (QED) is 0.822. The fourth-order valence-electron chi connectivity index (χ4n) is 0.935. The number of thiophene rings is 1. The molecule has 0 atom stereocenters. The van der Waals surface area contributed by atoms with Crippen LogP contribution < -0.4 is 0 Å². The van der Waals surface area contributed by atoms with Crippen molar-refractivity contribution in [2.24, 2.45) is 0 Å². The fraction of sp³-hybridized carbons (Fsp3) is 0.444. The zero-order valence-corrected chi connectivity index (χ0v) is 10.6. The van der Waals surface area contributed by atoms with Gasteiger partial charge in [-0.05, 0) is 39.4 Å². The van der Waals surface area contributed by atoms with Crippen molar-refractivity contribution in [2.75, 3.05) is 12.0 Å². The van der Waals surface area contributed by atoms with Crippen molar-refractivity contribution in [3.05, 3.63) is 20.8 Å². The van der Waals surface area contributed by atoms with Crippen LogP contribution in [-0.4, -0.2) is 17.8 Å². The Morgan fingerprint density at radius 2 is 2.46 bits per heavy atom. The Hall–Kier alpha value is 0.200. The van der Waals surface area contributed by atoms with E-state index in [0.717, 1.165) is 15.1 Å². The van der Waals surface area contributed by atoms with Crippen molar-refractivity contribution in [1.29, 1.82) is 0 Å². The lowest BCUT2D eigenvalue weighted by molar-refractivity contribution is -0.118. The number of ketones is 1. The van der Waals surface area contributed by atoms with Crippen molar-refractivity contribution in [3.8, 4) is 0 Å². The molecule has 1 aromatic rings. The number of Topliss-reactive ketones (excluding diaryl/α,β-unsaturated/α-hetero) is 1. The van der Waals surface area contributed by atoms with E-state index < -0.39 is 0 Å². The Labute approximate surface area is 95.0 Å². The van der Waals surface area contributed by atoms with E-state index in [0.29, 0.717) is 18.6 Å². The molecule has 72 valence electrons. The summed E-state index contributed by atoms with van der Waals surface area (Å²) in [6.07, 6.45) is 3.29. The Bertz CT molecular complexity index is 283. The maximum absolute atomic E-state index is 11.4. The minimum atomic E-state index is 0.331. The normalized spacial score (nSPS) is 10.3. The Balaban J connectivity index is 2.41. The van der Waals surface area contributed by atoms with Crippen LogP contribution in [0.25, 0.3) is 0 Å². The summed E-state index contributed by atoms with van der Waals surface area (Å²) >= 11 is 6.77. The smallest absolute Gasteiger partial charge is 0.138 e. The molecule has 0 aromatic carbocycles. The summed E-state index contributed by atoms with van der Waals surface area (Å²) in [6.45, 7) is 0. The first-order valence-corrected chi connectivity index (χ1v) is 7.03. The van der Waals surface area contributed by atoms with Gasteiger partial charge < -0.3 is 0 Å². The van der Waals surface area contributed by atoms with Crippen LogP contribution in [-0.2, 0) is 11.2 Å². The SMILES string of the molecule is CSCCC(=O)Cc1sccc1Br. The predicted octanol–water partition coefficient (Wildman–Crippen LogP) is 3.38. The summed E-state index contributed by atoms with van der Waals surface area (Å²) in [4.78, 5) is 12.5. The van der Waals surface area contributed by atoms with E-state index in [9.17, 15) is 4.79 Å². The molecule has 0 spiro atoms. The van der Waals surface area contributed by atoms with Gasteiger partial charge in [0, 0.05) is 22.2 Å². The molecule has 1 heterocycles. The first-order valence-electron chi connectivity index (χ1n) is 3.96. The topological polar surface area (TPSA) is 17.1 Å². The second-order valence-corrected chi connectivity index (χ2v) is 5.49. The van der Waals surface area contributed by atoms with Crippen molar-refractivity contribution in [3.63, 3.8) is 0 Å². The van der Waals surface area contributed by atoms with E-state index in [1.165, 1.54) is 0 Å². The average Bonchev–Trinajstić information content (AvgIpc) is 2.48. The summed E-state index contributed by atoms with van der Waals surface area (Å²) in [7, 11) is 0. The van der Waals surface area contributed by atoms with Gasteiger partial charge in [-0.15, -0.1) is 11.3 Å². The zero-order chi connectivity index (χ0) is 9.68. The van der Waals surface area contributed by atoms with Gasteiger partial charge in [0.15, 0.2) is 0 Å². The number of hydrogen-bond acceptors (Lipinski definition) is 3. The average molecular weight is 279 g/mol. The molecule has 4 heteroatoms. The summed E-state index contributed by atoms with van der Waals surface area (Å²) in [5, 5.41) is 2.00. The summed E-state index contributed by atoms with van der Waals surface area (Å²) in [5.41, 5.74) is 0. The molecule has 0 amide bonds. The molecule has 0 saturated heterocycles. The number of carbonyl (C=O) groups excluding carboxylic acids is 1. The molecule has 0 aliphatic rings. The molecule has 0 fully saturated rings. The third-order valence-corrected chi connectivity index (χ3v) is 4.17. The number of thioether (sulfide) groups is 1. The Morgan fingerprint density at radius 1 is 1.69 bits per heavy atom. The molecule has 0 radical (unpaired) electrons. The zero-order valence-electron chi connectivity index (χ0n) is 7.38. The van der Waals surface area contributed by atoms with Gasteiger partial charge in [0.2, 0.25) is 0 Å². The van der Waals surface area contributed by atoms with Gasteiger partial charge >= 0.3 is 0 Å². The molecule has 0 unspecified atom stereocenters. The molecular weight excluding hydrogens is 268 g/mol. The van der Waals surface area contributed by atoms with Crippen LogP contribution in [0.5, 0.6) is 0 Å². The highest BCUT2D eigenvalue weighted by atomic mass is 79.9. The number of halogens is 1. The van der Waals surface area contributed by atoms with Gasteiger partial charge in [0.25, 0.3) is 0 Å². The van der Waals surface area contributed by atoms with E-state index in [1.807, 2.05) is 17.7 Å². The molecule has 13 heavy (non-hydrogen) atoms. The minimum absolute atomic E-state index is 0.331. The van der Waals surface area contributed by atoms with E-state index in [4.69, 9.17) is 0 Å². The summed E-state index contributed by atoms with van der Waals surface area (Å²) in [5.74, 6) is 1.26. The Kier molecular flexibility index (Phi) is 5.06. The molecule has 0 aliphatic heterocycles. The van der Waals surface area contributed by atoms with Crippen LogP contribution in [0, 0.1) is 0 Å². The molecular formula is C9H11BrOS2. The first kappa shape index (κ1) is 11.3. The lowest BCUT2D eigenvalue weighted by Gasteiger charge is -1.97. The van der Waals surface area contributed by atoms with E-state index >= 15 is 0 Å². The lowest BCUT2D eigenvalue weighted by Crippen LogP contribution is -2.02. The minimum Gasteiger partial charge on any atom is -0.299 e. The highest BCUT2D eigenvalue weighted by Crippen LogP contribution is 2.23. The molecule has 0 N–H and O–H groups in total. The molecule has 0 bridgehead atoms. The highest BCUT2D eigenvalue weighted by molar-refractivity contribution is 9.10. The van der Waals surface area contributed by atoms with Crippen molar-refractivity contribution in [2.45, 2.75) is 12.8 Å². The van der Waals surface area contributed by atoms with Crippen molar-refractivity contribution >= 4 is 44.8 Å². The van der Waals surface area contributed by atoms with Crippen LogP contribution in [0.2, 0.25) is 0 Å².